The highest BCUT2D eigenvalue weighted by molar-refractivity contribution is 9.09. The lowest BCUT2D eigenvalue weighted by Gasteiger charge is -2.21. The van der Waals surface area contributed by atoms with Crippen LogP contribution in [0.3, 0.4) is 0 Å². The van der Waals surface area contributed by atoms with Crippen LogP contribution >= 0.6 is 15.9 Å². The van der Waals surface area contributed by atoms with E-state index >= 15 is 0 Å². The average molecular weight is 248 g/mol. The summed E-state index contributed by atoms with van der Waals surface area (Å²) in [4.78, 5) is 10.9. The van der Waals surface area contributed by atoms with E-state index in [1.807, 2.05) is 0 Å². The molecular formula is C10H18BrNO. The second-order valence-corrected chi connectivity index (χ2v) is 4.34. The number of alkyl halides is 1. The molecule has 0 radical (unpaired) electrons. The fraction of sp³-hybridized carbons (Fsp3) is 0.900. The first-order valence-corrected chi connectivity index (χ1v) is 6.27. The van der Waals surface area contributed by atoms with E-state index in [-0.39, 0.29) is 5.91 Å². The molecule has 0 atom stereocenters. The van der Waals surface area contributed by atoms with Gasteiger partial charge < -0.3 is 5.32 Å². The van der Waals surface area contributed by atoms with Crippen molar-refractivity contribution in [2.24, 2.45) is 5.92 Å². The molecule has 0 aromatic rings. The number of halogens is 1. The second-order valence-electron chi connectivity index (χ2n) is 3.78. The van der Waals surface area contributed by atoms with Crippen molar-refractivity contribution in [2.45, 2.75) is 38.5 Å². The third kappa shape index (κ3) is 4.65. The largest absolute Gasteiger partial charge is 0.355 e. The van der Waals surface area contributed by atoms with Crippen LogP contribution in [0, 0.1) is 5.92 Å². The Labute approximate surface area is 88.6 Å². The molecule has 0 saturated heterocycles. The summed E-state index contributed by atoms with van der Waals surface area (Å²) in [6.07, 6.45) is 8.07. The Morgan fingerprint density at radius 1 is 1.31 bits per heavy atom. The van der Waals surface area contributed by atoms with Crippen molar-refractivity contribution in [1.29, 1.82) is 0 Å². The highest BCUT2D eigenvalue weighted by Gasteiger charge is 2.12. The lowest BCUT2D eigenvalue weighted by atomic mass is 9.87. The molecular weight excluding hydrogens is 230 g/mol. The van der Waals surface area contributed by atoms with Gasteiger partial charge >= 0.3 is 0 Å². The molecule has 76 valence electrons. The SMILES string of the molecule is O=C(CBr)NCCC1CCCCC1. The van der Waals surface area contributed by atoms with E-state index in [4.69, 9.17) is 0 Å². The molecule has 1 amide bonds. The van der Waals surface area contributed by atoms with E-state index in [2.05, 4.69) is 21.2 Å². The lowest BCUT2D eigenvalue weighted by Crippen LogP contribution is -2.27. The van der Waals surface area contributed by atoms with Gasteiger partial charge in [-0.25, -0.2) is 0 Å². The highest BCUT2D eigenvalue weighted by Crippen LogP contribution is 2.25. The van der Waals surface area contributed by atoms with Crippen LogP contribution in [0.25, 0.3) is 0 Å². The monoisotopic (exact) mass is 247 g/mol. The van der Waals surface area contributed by atoms with E-state index in [1.165, 1.54) is 38.5 Å². The number of nitrogens with one attached hydrogen (secondary N) is 1. The Bertz CT molecular complexity index is 155. The van der Waals surface area contributed by atoms with Gasteiger partial charge in [0.05, 0.1) is 5.33 Å². The molecule has 0 aliphatic heterocycles. The quantitative estimate of drug-likeness (QED) is 0.761. The summed E-state index contributed by atoms with van der Waals surface area (Å²) in [7, 11) is 0. The van der Waals surface area contributed by atoms with Crippen LogP contribution in [0.15, 0.2) is 0 Å². The molecule has 1 aliphatic carbocycles. The van der Waals surface area contributed by atoms with Gasteiger partial charge in [-0.1, -0.05) is 48.0 Å². The van der Waals surface area contributed by atoms with Crippen molar-refractivity contribution in [3.05, 3.63) is 0 Å². The lowest BCUT2D eigenvalue weighted by molar-refractivity contribution is -0.118. The Hall–Kier alpha value is -0.0500. The summed E-state index contributed by atoms with van der Waals surface area (Å²) in [6.45, 7) is 0.856. The van der Waals surface area contributed by atoms with Gasteiger partial charge in [-0.15, -0.1) is 0 Å². The minimum absolute atomic E-state index is 0.107. The Balaban J connectivity index is 2.01. The third-order valence-electron chi connectivity index (χ3n) is 2.72. The smallest absolute Gasteiger partial charge is 0.230 e. The predicted octanol–water partition coefficient (Wildman–Crippen LogP) is 2.47. The number of hydrogen-bond donors (Lipinski definition) is 1. The fourth-order valence-electron chi connectivity index (χ4n) is 1.94. The molecule has 0 unspecified atom stereocenters. The maximum Gasteiger partial charge on any atom is 0.230 e. The minimum Gasteiger partial charge on any atom is -0.355 e. The molecule has 0 aromatic heterocycles. The van der Waals surface area contributed by atoms with E-state index < -0.39 is 0 Å². The summed E-state index contributed by atoms with van der Waals surface area (Å²) >= 11 is 3.13. The van der Waals surface area contributed by atoms with Crippen LogP contribution in [-0.4, -0.2) is 17.8 Å². The minimum atomic E-state index is 0.107. The second kappa shape index (κ2) is 6.41. The average Bonchev–Trinajstić information content (AvgIpc) is 2.19. The van der Waals surface area contributed by atoms with Crippen LogP contribution < -0.4 is 5.32 Å². The van der Waals surface area contributed by atoms with Gasteiger partial charge in [-0.05, 0) is 12.3 Å². The van der Waals surface area contributed by atoms with Gasteiger partial charge in [0, 0.05) is 6.54 Å². The van der Waals surface area contributed by atoms with Gasteiger partial charge in [0.25, 0.3) is 0 Å². The first-order valence-electron chi connectivity index (χ1n) is 5.15. The number of carbonyl (C=O) groups is 1. The van der Waals surface area contributed by atoms with Crippen molar-refractivity contribution in [3.8, 4) is 0 Å². The highest BCUT2D eigenvalue weighted by atomic mass is 79.9. The Morgan fingerprint density at radius 2 is 2.00 bits per heavy atom. The van der Waals surface area contributed by atoms with Crippen LogP contribution in [0.2, 0.25) is 0 Å². The molecule has 0 heterocycles. The van der Waals surface area contributed by atoms with Crippen LogP contribution in [-0.2, 0) is 4.79 Å². The van der Waals surface area contributed by atoms with Gasteiger partial charge in [-0.3, -0.25) is 4.79 Å². The normalized spacial score (nSPS) is 18.5. The summed E-state index contributed by atoms with van der Waals surface area (Å²) in [5.74, 6) is 0.972. The fourth-order valence-corrected chi connectivity index (χ4v) is 2.14. The molecule has 1 N–H and O–H groups in total. The van der Waals surface area contributed by atoms with E-state index in [0.717, 1.165) is 12.5 Å². The number of hydrogen-bond acceptors (Lipinski definition) is 1. The number of amides is 1. The van der Waals surface area contributed by atoms with Crippen molar-refractivity contribution in [1.82, 2.24) is 5.32 Å². The maximum atomic E-state index is 10.9. The molecule has 0 bridgehead atoms. The maximum absolute atomic E-state index is 10.9. The first-order chi connectivity index (χ1) is 6.33. The summed E-state index contributed by atoms with van der Waals surface area (Å²) in [5.41, 5.74) is 0. The summed E-state index contributed by atoms with van der Waals surface area (Å²) in [6, 6.07) is 0. The zero-order valence-corrected chi connectivity index (χ0v) is 9.61. The van der Waals surface area contributed by atoms with Crippen LogP contribution in [0.4, 0.5) is 0 Å². The van der Waals surface area contributed by atoms with Crippen molar-refractivity contribution in [2.75, 3.05) is 11.9 Å². The van der Waals surface area contributed by atoms with Crippen molar-refractivity contribution in [3.63, 3.8) is 0 Å². The summed E-state index contributed by atoms with van der Waals surface area (Å²) < 4.78 is 0. The number of carbonyl (C=O) groups excluding carboxylic acids is 1. The molecule has 3 heteroatoms. The van der Waals surface area contributed by atoms with Gasteiger partial charge in [0.2, 0.25) is 5.91 Å². The summed E-state index contributed by atoms with van der Waals surface area (Å²) in [5, 5.41) is 3.32. The topological polar surface area (TPSA) is 29.1 Å². The standard InChI is InChI=1S/C10H18BrNO/c11-8-10(13)12-7-6-9-4-2-1-3-5-9/h9H,1-8H2,(H,12,13). The van der Waals surface area contributed by atoms with Crippen molar-refractivity contribution >= 4 is 21.8 Å². The molecule has 1 rings (SSSR count). The molecule has 1 saturated carbocycles. The zero-order chi connectivity index (χ0) is 9.52. The third-order valence-corrected chi connectivity index (χ3v) is 3.23. The van der Waals surface area contributed by atoms with E-state index in [9.17, 15) is 4.79 Å². The van der Waals surface area contributed by atoms with Gasteiger partial charge in [0.1, 0.15) is 0 Å². The van der Waals surface area contributed by atoms with Gasteiger partial charge in [0.15, 0.2) is 0 Å². The van der Waals surface area contributed by atoms with Crippen LogP contribution in [0.5, 0.6) is 0 Å². The van der Waals surface area contributed by atoms with E-state index in [0.29, 0.717) is 5.33 Å². The molecule has 1 aliphatic rings. The van der Waals surface area contributed by atoms with E-state index in [1.54, 1.807) is 0 Å². The Morgan fingerprint density at radius 3 is 2.62 bits per heavy atom. The van der Waals surface area contributed by atoms with Gasteiger partial charge in [-0.2, -0.15) is 0 Å². The molecule has 0 aromatic carbocycles. The zero-order valence-electron chi connectivity index (χ0n) is 8.02. The first kappa shape index (κ1) is 11.0. The van der Waals surface area contributed by atoms with Crippen LogP contribution in [0.1, 0.15) is 38.5 Å². The van der Waals surface area contributed by atoms with Crippen molar-refractivity contribution < 1.29 is 4.79 Å². The molecule has 0 spiro atoms. The predicted molar refractivity (Wildman–Crippen MR) is 58.0 cm³/mol. The molecule has 2 nitrogen and oxygen atoms in total. The number of rotatable bonds is 4. The Kier molecular flexibility index (Phi) is 5.44. The molecule has 1 fully saturated rings. The molecule has 13 heavy (non-hydrogen) atoms.